The molecule has 0 saturated carbocycles. The van der Waals surface area contributed by atoms with Crippen molar-refractivity contribution in [3.8, 4) is 0 Å². The molecule has 2 atom stereocenters. The predicted molar refractivity (Wildman–Crippen MR) is 121 cm³/mol. The number of carbonyl (C=O) groups excluding carboxylic acids is 1. The number of amides is 1. The average molecular weight is 478 g/mol. The van der Waals surface area contributed by atoms with Gasteiger partial charge < -0.3 is 16.0 Å². The van der Waals surface area contributed by atoms with Gasteiger partial charge in [-0.05, 0) is 29.7 Å². The Balaban J connectivity index is 0.00000261. The fraction of sp³-hybridized carbons (Fsp3) is 0.333. The first-order chi connectivity index (χ1) is 12.6. The first-order valence-electron chi connectivity index (χ1n) is 9.05. The summed E-state index contributed by atoms with van der Waals surface area (Å²) in [6.07, 6.45) is 1.47. The SMILES string of the molecule is CCc1cccc(NC(N)=NCC2CC(=O)N(C)C2c2ccccc2)c1.I. The Kier molecular flexibility index (Phi) is 7.65. The van der Waals surface area contributed by atoms with Crippen LogP contribution in [0, 0.1) is 5.92 Å². The van der Waals surface area contributed by atoms with Crippen LogP contribution in [0.25, 0.3) is 0 Å². The third kappa shape index (κ3) is 5.22. The highest BCUT2D eigenvalue weighted by Gasteiger charge is 2.38. The topological polar surface area (TPSA) is 70.7 Å². The van der Waals surface area contributed by atoms with Gasteiger partial charge in [-0.1, -0.05) is 49.4 Å². The van der Waals surface area contributed by atoms with Gasteiger partial charge in [-0.2, -0.15) is 0 Å². The van der Waals surface area contributed by atoms with E-state index in [2.05, 4.69) is 41.5 Å². The maximum absolute atomic E-state index is 12.2. The van der Waals surface area contributed by atoms with E-state index in [4.69, 9.17) is 5.73 Å². The molecule has 0 spiro atoms. The van der Waals surface area contributed by atoms with Gasteiger partial charge in [0.15, 0.2) is 5.96 Å². The molecule has 2 aromatic carbocycles. The van der Waals surface area contributed by atoms with Gasteiger partial charge in [-0.25, -0.2) is 0 Å². The molecule has 1 fully saturated rings. The number of halogens is 1. The monoisotopic (exact) mass is 478 g/mol. The zero-order valence-electron chi connectivity index (χ0n) is 15.8. The van der Waals surface area contributed by atoms with E-state index >= 15 is 0 Å². The number of guanidine groups is 1. The zero-order valence-corrected chi connectivity index (χ0v) is 18.1. The molecule has 1 aliphatic rings. The number of nitrogens with zero attached hydrogens (tertiary/aromatic N) is 2. The minimum atomic E-state index is 0. The highest BCUT2D eigenvalue weighted by molar-refractivity contribution is 14.0. The lowest BCUT2D eigenvalue weighted by molar-refractivity contribution is -0.127. The summed E-state index contributed by atoms with van der Waals surface area (Å²) >= 11 is 0. The first kappa shape index (κ1) is 21.2. The highest BCUT2D eigenvalue weighted by atomic mass is 127. The molecule has 5 nitrogen and oxygen atoms in total. The van der Waals surface area contributed by atoms with Crippen LogP contribution in [0.15, 0.2) is 59.6 Å². The number of carbonyl (C=O) groups is 1. The smallest absolute Gasteiger partial charge is 0.223 e. The van der Waals surface area contributed by atoms with Crippen molar-refractivity contribution >= 4 is 41.5 Å². The first-order valence-corrected chi connectivity index (χ1v) is 9.05. The number of nitrogens with one attached hydrogen (secondary N) is 1. The largest absolute Gasteiger partial charge is 0.370 e. The van der Waals surface area contributed by atoms with Gasteiger partial charge in [-0.15, -0.1) is 24.0 Å². The van der Waals surface area contributed by atoms with E-state index in [1.54, 1.807) is 0 Å². The van der Waals surface area contributed by atoms with Crippen LogP contribution in [0.1, 0.15) is 30.5 Å². The van der Waals surface area contributed by atoms with E-state index in [1.807, 2.05) is 42.3 Å². The van der Waals surface area contributed by atoms with Crippen LogP contribution >= 0.6 is 24.0 Å². The molecule has 1 saturated heterocycles. The van der Waals surface area contributed by atoms with E-state index in [0.717, 1.165) is 17.7 Å². The van der Waals surface area contributed by atoms with Crippen molar-refractivity contribution in [1.29, 1.82) is 0 Å². The molecule has 0 bridgehead atoms. The number of hydrogen-bond donors (Lipinski definition) is 2. The highest BCUT2D eigenvalue weighted by Crippen LogP contribution is 2.36. The number of rotatable bonds is 5. The van der Waals surface area contributed by atoms with Crippen molar-refractivity contribution in [1.82, 2.24) is 4.90 Å². The van der Waals surface area contributed by atoms with Crippen molar-refractivity contribution in [2.24, 2.45) is 16.6 Å². The zero-order chi connectivity index (χ0) is 18.5. The summed E-state index contributed by atoms with van der Waals surface area (Å²) in [5.74, 6) is 0.658. The third-order valence-electron chi connectivity index (χ3n) is 4.94. The molecule has 27 heavy (non-hydrogen) atoms. The van der Waals surface area contributed by atoms with Crippen molar-refractivity contribution in [3.05, 3.63) is 65.7 Å². The van der Waals surface area contributed by atoms with Gasteiger partial charge in [0.05, 0.1) is 6.04 Å². The van der Waals surface area contributed by atoms with Crippen LogP contribution in [0.2, 0.25) is 0 Å². The fourth-order valence-corrected chi connectivity index (χ4v) is 3.53. The molecule has 3 rings (SSSR count). The molecule has 2 aromatic rings. The van der Waals surface area contributed by atoms with Crippen LogP contribution in [0.4, 0.5) is 5.69 Å². The lowest BCUT2D eigenvalue weighted by atomic mass is 9.94. The predicted octanol–water partition coefficient (Wildman–Crippen LogP) is 3.81. The number of likely N-dealkylation sites (tertiary alicyclic amines) is 1. The van der Waals surface area contributed by atoms with E-state index in [9.17, 15) is 4.79 Å². The molecule has 0 radical (unpaired) electrons. The van der Waals surface area contributed by atoms with Crippen LogP contribution in [0.3, 0.4) is 0 Å². The van der Waals surface area contributed by atoms with Gasteiger partial charge in [-0.3, -0.25) is 9.79 Å². The molecule has 0 aromatic heterocycles. The van der Waals surface area contributed by atoms with Gasteiger partial charge in [0.1, 0.15) is 0 Å². The van der Waals surface area contributed by atoms with E-state index in [0.29, 0.717) is 18.9 Å². The van der Waals surface area contributed by atoms with Crippen molar-refractivity contribution in [2.45, 2.75) is 25.8 Å². The average Bonchev–Trinajstić information content (AvgIpc) is 2.95. The van der Waals surface area contributed by atoms with Crippen molar-refractivity contribution in [3.63, 3.8) is 0 Å². The summed E-state index contributed by atoms with van der Waals surface area (Å²) < 4.78 is 0. The van der Waals surface area contributed by atoms with Gasteiger partial charge in [0.25, 0.3) is 0 Å². The van der Waals surface area contributed by atoms with Crippen LogP contribution in [-0.2, 0) is 11.2 Å². The Morgan fingerprint density at radius 2 is 1.96 bits per heavy atom. The summed E-state index contributed by atoms with van der Waals surface area (Å²) in [7, 11) is 1.86. The Morgan fingerprint density at radius 1 is 1.22 bits per heavy atom. The number of anilines is 1. The third-order valence-corrected chi connectivity index (χ3v) is 4.94. The molecule has 1 heterocycles. The lowest BCUT2D eigenvalue weighted by Gasteiger charge is -2.24. The minimum absolute atomic E-state index is 0. The summed E-state index contributed by atoms with van der Waals surface area (Å²) in [5, 5.41) is 3.15. The van der Waals surface area contributed by atoms with Gasteiger partial charge in [0, 0.05) is 31.6 Å². The molecule has 3 N–H and O–H groups in total. The molecule has 6 heteroatoms. The molecule has 0 aliphatic carbocycles. The number of aliphatic imine (C=N–C) groups is 1. The normalized spacial score (nSPS) is 19.7. The second-order valence-electron chi connectivity index (χ2n) is 6.73. The molecule has 1 amide bonds. The number of aryl methyl sites for hydroxylation is 1. The molecular weight excluding hydrogens is 451 g/mol. The second kappa shape index (κ2) is 9.73. The molecular formula is C21H27IN4O. The number of nitrogens with two attached hydrogens (primary N) is 1. The van der Waals surface area contributed by atoms with Gasteiger partial charge in [0.2, 0.25) is 5.91 Å². The van der Waals surface area contributed by atoms with E-state index in [1.165, 1.54) is 5.56 Å². The minimum Gasteiger partial charge on any atom is -0.370 e. The number of benzene rings is 2. The van der Waals surface area contributed by atoms with E-state index in [-0.39, 0.29) is 41.8 Å². The number of hydrogen-bond acceptors (Lipinski definition) is 2. The lowest BCUT2D eigenvalue weighted by Crippen LogP contribution is -2.27. The summed E-state index contributed by atoms with van der Waals surface area (Å²) in [4.78, 5) is 18.5. The Bertz CT molecular complexity index is 794. The Labute approximate surface area is 178 Å². The van der Waals surface area contributed by atoms with Crippen molar-refractivity contribution in [2.75, 3.05) is 18.9 Å². The summed E-state index contributed by atoms with van der Waals surface area (Å²) in [6.45, 7) is 2.63. The summed E-state index contributed by atoms with van der Waals surface area (Å²) in [5.41, 5.74) is 9.39. The standard InChI is InChI=1S/C21H26N4O.HI/c1-3-15-8-7-11-18(12-15)24-21(22)23-14-17-13-19(26)25(2)20(17)16-9-5-4-6-10-16;/h4-12,17,20H,3,13-14H2,1-2H3,(H3,22,23,24);1H. The maximum Gasteiger partial charge on any atom is 0.223 e. The quantitative estimate of drug-likeness (QED) is 0.390. The fourth-order valence-electron chi connectivity index (χ4n) is 3.53. The van der Waals surface area contributed by atoms with Crippen LogP contribution < -0.4 is 11.1 Å². The Morgan fingerprint density at radius 3 is 2.67 bits per heavy atom. The maximum atomic E-state index is 12.2. The molecule has 1 aliphatic heterocycles. The van der Waals surface area contributed by atoms with Crippen molar-refractivity contribution < 1.29 is 4.79 Å². The second-order valence-corrected chi connectivity index (χ2v) is 6.73. The molecule has 144 valence electrons. The van der Waals surface area contributed by atoms with Crippen LogP contribution in [0.5, 0.6) is 0 Å². The summed E-state index contributed by atoms with van der Waals surface area (Å²) in [6, 6.07) is 18.3. The Hall–Kier alpha value is -2.09. The van der Waals surface area contributed by atoms with Gasteiger partial charge >= 0.3 is 0 Å². The molecule has 2 unspecified atom stereocenters. The van der Waals surface area contributed by atoms with Crippen LogP contribution in [-0.4, -0.2) is 30.4 Å². The van der Waals surface area contributed by atoms with E-state index < -0.39 is 0 Å².